The number of fused-ring (bicyclic) bond motifs is 1. The highest BCUT2D eigenvalue weighted by atomic mass is 35.5. The summed E-state index contributed by atoms with van der Waals surface area (Å²) in [5.41, 5.74) is 4.87. The van der Waals surface area contributed by atoms with Gasteiger partial charge in [0, 0.05) is 18.3 Å². The van der Waals surface area contributed by atoms with Gasteiger partial charge in [-0.05, 0) is 29.2 Å². The molecular formula is C29H24Cl2N4O2. The maximum Gasteiger partial charge on any atom is 0.228 e. The number of rotatable bonds is 8. The van der Waals surface area contributed by atoms with E-state index in [1.165, 1.54) is 18.0 Å². The van der Waals surface area contributed by atoms with E-state index < -0.39 is 0 Å². The fraction of sp³-hybridized carbons (Fsp3) is 0.138. The van der Waals surface area contributed by atoms with Crippen molar-refractivity contribution in [2.75, 3.05) is 12.4 Å². The van der Waals surface area contributed by atoms with Crippen molar-refractivity contribution < 1.29 is 9.53 Å². The smallest absolute Gasteiger partial charge is 0.228 e. The van der Waals surface area contributed by atoms with Gasteiger partial charge in [0.15, 0.2) is 0 Å². The predicted octanol–water partition coefficient (Wildman–Crippen LogP) is 6.83. The van der Waals surface area contributed by atoms with Gasteiger partial charge in [-0.1, -0.05) is 89.9 Å². The molecular weight excluding hydrogens is 507 g/mol. The minimum atomic E-state index is -0.269. The zero-order valence-corrected chi connectivity index (χ0v) is 21.6. The van der Waals surface area contributed by atoms with Gasteiger partial charge in [0.05, 0.1) is 34.8 Å². The molecule has 0 radical (unpaired) electrons. The number of hydrogen-bond acceptors (Lipinski definition) is 4. The molecule has 5 aromatic rings. The van der Waals surface area contributed by atoms with E-state index in [0.717, 1.165) is 28.9 Å². The highest BCUT2D eigenvalue weighted by Gasteiger charge is 2.22. The summed E-state index contributed by atoms with van der Waals surface area (Å²) in [7, 11) is 1.62. The second-order valence-corrected chi connectivity index (χ2v) is 9.44. The topological polar surface area (TPSA) is 79.9 Å². The molecule has 0 saturated carbocycles. The normalized spacial score (nSPS) is 11.9. The second kappa shape index (κ2) is 11.0. The number of benzene rings is 3. The standard InChI is InChI=1S/C29H24Cl2N4O2/c1-37-24-13-12-20(15-25(36)33-27-22(30)16-32-17-23(27)31)26-28(24)35-29(34-26)21(19-10-6-3-7-11-19)14-18-8-4-2-5-9-18/h2-13,16-17,21H,14-15H2,1H3,(H,34,35)(H,32,33,36). The minimum Gasteiger partial charge on any atom is -0.494 e. The lowest BCUT2D eigenvalue weighted by Crippen LogP contribution is -2.15. The van der Waals surface area contributed by atoms with Crippen LogP contribution < -0.4 is 10.1 Å². The van der Waals surface area contributed by atoms with Crippen molar-refractivity contribution in [2.24, 2.45) is 0 Å². The van der Waals surface area contributed by atoms with Crippen molar-refractivity contribution in [3.8, 4) is 5.75 Å². The lowest BCUT2D eigenvalue weighted by molar-refractivity contribution is -0.115. The van der Waals surface area contributed by atoms with E-state index in [1.807, 2.05) is 48.5 Å². The Morgan fingerprint density at radius 2 is 1.65 bits per heavy atom. The Balaban J connectivity index is 1.52. The van der Waals surface area contributed by atoms with Gasteiger partial charge in [-0.25, -0.2) is 4.98 Å². The molecule has 0 saturated heterocycles. The van der Waals surface area contributed by atoms with Crippen molar-refractivity contribution >= 4 is 45.8 Å². The lowest BCUT2D eigenvalue weighted by atomic mass is 9.91. The van der Waals surface area contributed by atoms with Crippen LogP contribution in [0.1, 0.15) is 28.4 Å². The average molecular weight is 531 g/mol. The van der Waals surface area contributed by atoms with Crippen LogP contribution in [-0.2, 0) is 17.6 Å². The summed E-state index contributed by atoms with van der Waals surface area (Å²) >= 11 is 12.4. The van der Waals surface area contributed by atoms with Gasteiger partial charge in [-0.15, -0.1) is 0 Å². The van der Waals surface area contributed by atoms with Crippen LogP contribution in [0.5, 0.6) is 5.75 Å². The van der Waals surface area contributed by atoms with E-state index in [0.29, 0.717) is 17.0 Å². The SMILES string of the molecule is COc1ccc(CC(=O)Nc2c(Cl)cncc2Cl)c2nc(C(Cc3ccccc3)c3ccccc3)[nH]c12. The van der Waals surface area contributed by atoms with E-state index in [4.69, 9.17) is 32.9 Å². The molecule has 0 aliphatic heterocycles. The Morgan fingerprint density at radius 1 is 0.973 bits per heavy atom. The number of amides is 1. The second-order valence-electron chi connectivity index (χ2n) is 8.63. The Bertz CT molecular complexity index is 1520. The number of imidazole rings is 1. The van der Waals surface area contributed by atoms with Crippen LogP contribution in [0.25, 0.3) is 11.0 Å². The van der Waals surface area contributed by atoms with Crippen molar-refractivity contribution in [1.82, 2.24) is 15.0 Å². The van der Waals surface area contributed by atoms with Gasteiger partial charge < -0.3 is 15.0 Å². The highest BCUT2D eigenvalue weighted by Crippen LogP contribution is 2.34. The number of nitrogens with zero attached hydrogens (tertiary/aromatic N) is 2. The molecule has 2 aromatic heterocycles. The molecule has 5 rings (SSSR count). The maximum atomic E-state index is 13.0. The van der Waals surface area contributed by atoms with Gasteiger partial charge in [-0.2, -0.15) is 0 Å². The van der Waals surface area contributed by atoms with E-state index in [1.54, 1.807) is 7.11 Å². The molecule has 6 nitrogen and oxygen atoms in total. The van der Waals surface area contributed by atoms with Gasteiger partial charge in [-0.3, -0.25) is 9.78 Å². The summed E-state index contributed by atoms with van der Waals surface area (Å²) in [5, 5.41) is 3.34. The number of nitrogens with one attached hydrogen (secondary N) is 2. The van der Waals surface area contributed by atoms with E-state index in [-0.39, 0.29) is 28.3 Å². The number of hydrogen-bond donors (Lipinski definition) is 2. The van der Waals surface area contributed by atoms with Crippen LogP contribution in [0.3, 0.4) is 0 Å². The van der Waals surface area contributed by atoms with Crippen LogP contribution in [-0.4, -0.2) is 28.0 Å². The van der Waals surface area contributed by atoms with Gasteiger partial charge in [0.25, 0.3) is 0 Å². The number of ether oxygens (including phenoxy) is 1. The molecule has 2 N–H and O–H groups in total. The molecule has 0 bridgehead atoms. The number of methoxy groups -OCH3 is 1. The molecule has 0 spiro atoms. The van der Waals surface area contributed by atoms with Crippen LogP contribution >= 0.6 is 23.2 Å². The third kappa shape index (κ3) is 5.45. The van der Waals surface area contributed by atoms with E-state index in [2.05, 4.69) is 39.6 Å². The molecule has 186 valence electrons. The number of pyridine rings is 1. The number of aromatic nitrogens is 3. The van der Waals surface area contributed by atoms with Crippen LogP contribution in [0.2, 0.25) is 10.0 Å². The zero-order chi connectivity index (χ0) is 25.8. The van der Waals surface area contributed by atoms with Crippen LogP contribution in [0.15, 0.2) is 85.2 Å². The van der Waals surface area contributed by atoms with Gasteiger partial charge in [0.2, 0.25) is 5.91 Å². The van der Waals surface area contributed by atoms with E-state index in [9.17, 15) is 4.79 Å². The highest BCUT2D eigenvalue weighted by molar-refractivity contribution is 6.39. The minimum absolute atomic E-state index is 0.0168. The number of carbonyl (C=O) groups excluding carboxylic acids is 1. The summed E-state index contributed by atoms with van der Waals surface area (Å²) in [6, 6.07) is 24.3. The number of aromatic amines is 1. The molecule has 0 fully saturated rings. The monoisotopic (exact) mass is 530 g/mol. The van der Waals surface area contributed by atoms with Gasteiger partial charge >= 0.3 is 0 Å². The molecule has 8 heteroatoms. The first-order valence-corrected chi connectivity index (χ1v) is 12.5. The fourth-order valence-corrected chi connectivity index (χ4v) is 4.87. The quantitative estimate of drug-likeness (QED) is 0.230. The summed E-state index contributed by atoms with van der Waals surface area (Å²) in [5.74, 6) is 1.17. The summed E-state index contributed by atoms with van der Waals surface area (Å²) in [6.07, 6.45) is 3.71. The molecule has 37 heavy (non-hydrogen) atoms. The van der Waals surface area contributed by atoms with Crippen LogP contribution in [0.4, 0.5) is 5.69 Å². The summed E-state index contributed by atoms with van der Waals surface area (Å²) in [4.78, 5) is 25.4. The van der Waals surface area contributed by atoms with Crippen molar-refractivity contribution in [1.29, 1.82) is 0 Å². The molecule has 1 amide bonds. The molecule has 0 aliphatic rings. The average Bonchev–Trinajstić information content (AvgIpc) is 3.36. The first kappa shape index (κ1) is 24.8. The summed E-state index contributed by atoms with van der Waals surface area (Å²) < 4.78 is 5.62. The lowest BCUT2D eigenvalue weighted by Gasteiger charge is -2.15. The third-order valence-electron chi connectivity index (χ3n) is 6.21. The zero-order valence-electron chi connectivity index (χ0n) is 20.0. The summed E-state index contributed by atoms with van der Waals surface area (Å²) in [6.45, 7) is 0. The number of anilines is 1. The van der Waals surface area contributed by atoms with Crippen molar-refractivity contribution in [3.05, 3.63) is 118 Å². The number of halogens is 2. The Hall–Kier alpha value is -3.87. The number of H-pyrrole nitrogens is 1. The van der Waals surface area contributed by atoms with Gasteiger partial charge in [0.1, 0.15) is 17.1 Å². The van der Waals surface area contributed by atoms with E-state index >= 15 is 0 Å². The number of carbonyl (C=O) groups is 1. The maximum absolute atomic E-state index is 13.0. The van der Waals surface area contributed by atoms with Crippen molar-refractivity contribution in [3.63, 3.8) is 0 Å². The fourth-order valence-electron chi connectivity index (χ4n) is 4.41. The van der Waals surface area contributed by atoms with Crippen LogP contribution in [0, 0.1) is 0 Å². The molecule has 0 aliphatic carbocycles. The Kier molecular flexibility index (Phi) is 7.40. The Morgan fingerprint density at radius 3 is 2.32 bits per heavy atom. The largest absolute Gasteiger partial charge is 0.494 e. The molecule has 3 aromatic carbocycles. The first-order chi connectivity index (χ1) is 18.0. The third-order valence-corrected chi connectivity index (χ3v) is 6.79. The molecule has 1 atom stereocenters. The predicted molar refractivity (Wildman–Crippen MR) is 148 cm³/mol. The van der Waals surface area contributed by atoms with Crippen molar-refractivity contribution in [2.45, 2.75) is 18.8 Å². The Labute approximate surface area is 224 Å². The molecule has 1 unspecified atom stereocenters. The molecule has 2 heterocycles. The first-order valence-electron chi connectivity index (χ1n) is 11.8.